The highest BCUT2D eigenvalue weighted by Gasteiger charge is 2.00. The monoisotopic (exact) mass is 281 g/mol. The van der Waals surface area contributed by atoms with Gasteiger partial charge in [0.15, 0.2) is 0 Å². The molecule has 0 aromatic carbocycles. The summed E-state index contributed by atoms with van der Waals surface area (Å²) in [5, 5.41) is 32.1. The first-order valence-electron chi connectivity index (χ1n) is 5.13. The van der Waals surface area contributed by atoms with E-state index in [9.17, 15) is 19.2 Å². The summed E-state index contributed by atoms with van der Waals surface area (Å²) in [6, 6.07) is 0. The molecule has 0 spiro atoms. The van der Waals surface area contributed by atoms with Crippen LogP contribution in [0.2, 0.25) is 0 Å². The number of hydrogen-bond acceptors (Lipinski definition) is 5. The maximum Gasteiger partial charge on any atom is 0.303 e. The minimum atomic E-state index is -0.948. The van der Waals surface area contributed by atoms with Crippen LogP contribution in [0.3, 0.4) is 0 Å². The molecular weight excluding hydrogens is 262 g/mol. The number of hydrogen-bond donors (Lipinski definition) is 5. The highest BCUT2D eigenvalue weighted by Crippen LogP contribution is 1.94. The van der Waals surface area contributed by atoms with Crippen molar-refractivity contribution < 1.29 is 39.6 Å². The average Bonchev–Trinajstić information content (AvgIpc) is 2.15. The summed E-state index contributed by atoms with van der Waals surface area (Å²) in [5.74, 6) is -3.79. The lowest BCUT2D eigenvalue weighted by Gasteiger charge is -1.89. The fourth-order valence-corrected chi connectivity index (χ4v) is 0.782. The molecule has 0 aliphatic rings. The summed E-state index contributed by atoms with van der Waals surface area (Å²) >= 11 is 0. The van der Waals surface area contributed by atoms with E-state index in [0.29, 0.717) is 0 Å². The lowest BCUT2D eigenvalue weighted by Crippen LogP contribution is -1.98. The second kappa shape index (κ2) is 13.9. The molecule has 0 heterocycles. The van der Waals surface area contributed by atoms with Gasteiger partial charge in [-0.3, -0.25) is 19.2 Å². The molecule has 0 saturated heterocycles. The van der Waals surface area contributed by atoms with Crippen LogP contribution in [0, 0.1) is 0 Å². The van der Waals surface area contributed by atoms with Gasteiger partial charge in [-0.25, -0.2) is 0 Å². The molecule has 112 valence electrons. The molecule has 0 bridgehead atoms. The number of aliphatic carboxylic acids is 4. The zero-order valence-electron chi connectivity index (χ0n) is 10.4. The standard InChI is InChI=1S/2C5H8O4.H3N/c2*6-4(7)2-1-3-5(8)9;/h2*1-3H2,(H,6,7)(H,8,9);1H3. The summed E-state index contributed by atoms with van der Waals surface area (Å²) < 4.78 is 0. The second-order valence-corrected chi connectivity index (χ2v) is 3.28. The normalized spacial score (nSPS) is 8.42. The fourth-order valence-electron chi connectivity index (χ4n) is 0.782. The Hall–Kier alpha value is -2.16. The van der Waals surface area contributed by atoms with Gasteiger partial charge in [-0.2, -0.15) is 0 Å². The number of carboxylic acid groups (broad SMARTS) is 4. The maximum atomic E-state index is 9.79. The summed E-state index contributed by atoms with van der Waals surface area (Å²) in [5.41, 5.74) is 0. The van der Waals surface area contributed by atoms with Gasteiger partial charge in [-0.15, -0.1) is 0 Å². The molecule has 9 nitrogen and oxygen atoms in total. The van der Waals surface area contributed by atoms with Gasteiger partial charge in [0.2, 0.25) is 0 Å². The largest absolute Gasteiger partial charge is 0.481 e. The summed E-state index contributed by atoms with van der Waals surface area (Å²) in [7, 11) is 0. The molecular formula is C10H19NO8. The third-order valence-corrected chi connectivity index (χ3v) is 1.56. The van der Waals surface area contributed by atoms with Crippen LogP contribution >= 0.6 is 0 Å². The number of carbonyl (C=O) groups is 4. The lowest BCUT2D eigenvalue weighted by atomic mass is 10.2. The highest BCUT2D eigenvalue weighted by molar-refractivity contribution is 5.70. The molecule has 0 amide bonds. The SMILES string of the molecule is N.O=C(O)CCCC(=O)O.O=C(O)CCCC(=O)O. The van der Waals surface area contributed by atoms with Gasteiger partial charge in [-0.05, 0) is 12.8 Å². The first kappa shape index (κ1) is 22.1. The van der Waals surface area contributed by atoms with Gasteiger partial charge in [0.05, 0.1) is 0 Å². The third-order valence-electron chi connectivity index (χ3n) is 1.56. The molecule has 0 unspecified atom stereocenters. The van der Waals surface area contributed by atoms with Crippen LogP contribution in [0.5, 0.6) is 0 Å². The minimum Gasteiger partial charge on any atom is -0.481 e. The smallest absolute Gasteiger partial charge is 0.303 e. The molecule has 0 aliphatic carbocycles. The zero-order chi connectivity index (χ0) is 14.6. The molecule has 0 saturated carbocycles. The maximum absolute atomic E-state index is 9.79. The molecule has 0 fully saturated rings. The third kappa shape index (κ3) is 31.3. The van der Waals surface area contributed by atoms with Crippen LogP contribution in [-0.4, -0.2) is 44.3 Å². The zero-order valence-corrected chi connectivity index (χ0v) is 10.4. The highest BCUT2D eigenvalue weighted by atomic mass is 16.4. The van der Waals surface area contributed by atoms with E-state index in [4.69, 9.17) is 20.4 Å². The fraction of sp³-hybridized carbons (Fsp3) is 0.600. The molecule has 7 N–H and O–H groups in total. The van der Waals surface area contributed by atoms with Crippen LogP contribution in [-0.2, 0) is 19.2 Å². The van der Waals surface area contributed by atoms with Crippen molar-refractivity contribution in [3.8, 4) is 0 Å². The van der Waals surface area contributed by atoms with Gasteiger partial charge >= 0.3 is 23.9 Å². The Bertz CT molecular complexity index is 244. The lowest BCUT2D eigenvalue weighted by molar-refractivity contribution is -0.140. The quantitative estimate of drug-likeness (QED) is 0.429. The Labute approximate surface area is 109 Å². The predicted molar refractivity (Wildman–Crippen MR) is 63.3 cm³/mol. The van der Waals surface area contributed by atoms with Crippen molar-refractivity contribution in [2.75, 3.05) is 0 Å². The van der Waals surface area contributed by atoms with Crippen molar-refractivity contribution in [2.45, 2.75) is 38.5 Å². The van der Waals surface area contributed by atoms with Crippen molar-refractivity contribution in [3.63, 3.8) is 0 Å². The second-order valence-electron chi connectivity index (χ2n) is 3.28. The number of rotatable bonds is 8. The average molecular weight is 281 g/mol. The van der Waals surface area contributed by atoms with Crippen LogP contribution in [0.4, 0.5) is 0 Å². The van der Waals surface area contributed by atoms with Crippen molar-refractivity contribution in [2.24, 2.45) is 0 Å². The van der Waals surface area contributed by atoms with Crippen LogP contribution in [0.25, 0.3) is 0 Å². The van der Waals surface area contributed by atoms with E-state index in [0.717, 1.165) is 0 Å². The Morgan fingerprint density at radius 3 is 0.789 bits per heavy atom. The molecule has 0 atom stereocenters. The molecule has 9 heteroatoms. The Balaban J connectivity index is -0.000000256. The number of carboxylic acids is 4. The predicted octanol–water partition coefficient (Wildman–Crippen LogP) is 0.814. The Morgan fingerprint density at radius 1 is 0.526 bits per heavy atom. The van der Waals surface area contributed by atoms with Crippen molar-refractivity contribution >= 4 is 23.9 Å². The van der Waals surface area contributed by atoms with Gasteiger partial charge in [-0.1, -0.05) is 0 Å². The van der Waals surface area contributed by atoms with Crippen LogP contribution in [0.15, 0.2) is 0 Å². The molecule has 0 aliphatic heterocycles. The molecule has 19 heavy (non-hydrogen) atoms. The van der Waals surface area contributed by atoms with E-state index in [2.05, 4.69) is 0 Å². The first-order valence-corrected chi connectivity index (χ1v) is 5.13. The summed E-state index contributed by atoms with van der Waals surface area (Å²) in [4.78, 5) is 39.2. The van der Waals surface area contributed by atoms with Crippen molar-refractivity contribution in [1.29, 1.82) is 0 Å². The van der Waals surface area contributed by atoms with Crippen LogP contribution in [0.1, 0.15) is 38.5 Å². The van der Waals surface area contributed by atoms with E-state index < -0.39 is 23.9 Å². The Morgan fingerprint density at radius 2 is 0.684 bits per heavy atom. The van der Waals surface area contributed by atoms with E-state index in [1.807, 2.05) is 0 Å². The molecule has 0 radical (unpaired) electrons. The van der Waals surface area contributed by atoms with Crippen LogP contribution < -0.4 is 6.15 Å². The summed E-state index contributed by atoms with van der Waals surface area (Å²) in [6.07, 6.45) is 0.173. The molecule has 0 aromatic heterocycles. The first-order chi connectivity index (χ1) is 8.25. The minimum absolute atomic E-state index is 0. The summed E-state index contributed by atoms with van der Waals surface area (Å²) in [6.45, 7) is 0. The molecule has 0 rings (SSSR count). The van der Waals surface area contributed by atoms with Crippen molar-refractivity contribution in [1.82, 2.24) is 6.15 Å². The van der Waals surface area contributed by atoms with E-state index >= 15 is 0 Å². The van der Waals surface area contributed by atoms with Gasteiger partial charge in [0, 0.05) is 25.7 Å². The van der Waals surface area contributed by atoms with E-state index in [1.165, 1.54) is 0 Å². The van der Waals surface area contributed by atoms with Gasteiger partial charge in [0.1, 0.15) is 0 Å². The van der Waals surface area contributed by atoms with Gasteiger partial charge < -0.3 is 26.6 Å². The van der Waals surface area contributed by atoms with E-state index in [-0.39, 0.29) is 44.7 Å². The Kier molecular flexibility index (Phi) is 16.1. The molecule has 0 aromatic rings. The van der Waals surface area contributed by atoms with Crippen molar-refractivity contribution in [3.05, 3.63) is 0 Å². The van der Waals surface area contributed by atoms with E-state index in [1.54, 1.807) is 0 Å². The topological polar surface area (TPSA) is 184 Å². The van der Waals surface area contributed by atoms with Gasteiger partial charge in [0.25, 0.3) is 0 Å².